The standard InChI is InChI=1S/C15H12O4/c1-18-14-8-7-13(9-12(14)10-16)19-15(17)11-5-3-2-4-6-11/h2-10H,1H3. The van der Waals surface area contributed by atoms with Gasteiger partial charge in [-0.15, -0.1) is 0 Å². The first-order chi connectivity index (χ1) is 9.24. The molecule has 0 spiro atoms. The van der Waals surface area contributed by atoms with Gasteiger partial charge in [0.05, 0.1) is 18.2 Å². The van der Waals surface area contributed by atoms with Crippen LogP contribution in [0.15, 0.2) is 48.5 Å². The maximum Gasteiger partial charge on any atom is 0.343 e. The van der Waals surface area contributed by atoms with E-state index in [1.165, 1.54) is 13.2 Å². The zero-order valence-electron chi connectivity index (χ0n) is 10.3. The Labute approximate surface area is 110 Å². The molecule has 0 bridgehead atoms. The van der Waals surface area contributed by atoms with Crippen molar-refractivity contribution in [1.82, 2.24) is 0 Å². The Balaban J connectivity index is 2.20. The normalized spacial score (nSPS) is 9.74. The molecule has 0 aliphatic carbocycles. The van der Waals surface area contributed by atoms with E-state index >= 15 is 0 Å². The van der Waals surface area contributed by atoms with E-state index in [1.54, 1.807) is 36.4 Å². The van der Waals surface area contributed by atoms with Crippen LogP contribution in [0.25, 0.3) is 0 Å². The lowest BCUT2D eigenvalue weighted by Crippen LogP contribution is -2.08. The highest BCUT2D eigenvalue weighted by Crippen LogP contribution is 2.23. The molecule has 0 N–H and O–H groups in total. The van der Waals surface area contributed by atoms with Crippen LogP contribution in [0, 0.1) is 0 Å². The molecule has 19 heavy (non-hydrogen) atoms. The van der Waals surface area contributed by atoms with Crippen LogP contribution < -0.4 is 9.47 Å². The third-order valence-corrected chi connectivity index (χ3v) is 2.55. The molecule has 0 saturated heterocycles. The van der Waals surface area contributed by atoms with Gasteiger partial charge < -0.3 is 9.47 Å². The summed E-state index contributed by atoms with van der Waals surface area (Å²) < 4.78 is 10.2. The number of rotatable bonds is 4. The Morgan fingerprint density at radius 1 is 1.11 bits per heavy atom. The van der Waals surface area contributed by atoms with Gasteiger partial charge in [0.2, 0.25) is 0 Å². The zero-order chi connectivity index (χ0) is 13.7. The molecule has 4 heteroatoms. The van der Waals surface area contributed by atoms with E-state index in [1.807, 2.05) is 6.07 Å². The monoisotopic (exact) mass is 256 g/mol. The minimum absolute atomic E-state index is 0.303. The van der Waals surface area contributed by atoms with Gasteiger partial charge in [0.25, 0.3) is 0 Å². The molecular weight excluding hydrogens is 244 g/mol. The van der Waals surface area contributed by atoms with E-state index in [9.17, 15) is 9.59 Å². The molecule has 2 rings (SSSR count). The third kappa shape index (κ3) is 2.98. The summed E-state index contributed by atoms with van der Waals surface area (Å²) in [7, 11) is 1.47. The molecule has 0 saturated carbocycles. The number of ether oxygens (including phenoxy) is 2. The van der Waals surface area contributed by atoms with Gasteiger partial charge in [-0.3, -0.25) is 4.79 Å². The number of carbonyl (C=O) groups excluding carboxylic acids is 2. The molecule has 0 unspecified atom stereocenters. The van der Waals surface area contributed by atoms with Gasteiger partial charge in [-0.25, -0.2) is 4.79 Å². The lowest BCUT2D eigenvalue weighted by Gasteiger charge is -2.07. The molecule has 0 aromatic heterocycles. The van der Waals surface area contributed by atoms with E-state index < -0.39 is 5.97 Å². The van der Waals surface area contributed by atoms with Crippen molar-refractivity contribution in [1.29, 1.82) is 0 Å². The number of hydrogen-bond acceptors (Lipinski definition) is 4. The van der Waals surface area contributed by atoms with Crippen molar-refractivity contribution >= 4 is 12.3 Å². The molecule has 0 aliphatic heterocycles. The van der Waals surface area contributed by atoms with Gasteiger partial charge in [-0.2, -0.15) is 0 Å². The second kappa shape index (κ2) is 5.82. The van der Waals surface area contributed by atoms with Crippen LogP contribution >= 0.6 is 0 Å². The van der Waals surface area contributed by atoms with Crippen molar-refractivity contribution in [3.8, 4) is 11.5 Å². The summed E-state index contributed by atoms with van der Waals surface area (Å²) >= 11 is 0. The van der Waals surface area contributed by atoms with Crippen LogP contribution in [-0.4, -0.2) is 19.4 Å². The zero-order valence-corrected chi connectivity index (χ0v) is 10.3. The SMILES string of the molecule is COc1ccc(OC(=O)c2ccccc2)cc1C=O. The molecule has 0 aliphatic rings. The molecule has 0 amide bonds. The highest BCUT2D eigenvalue weighted by molar-refractivity contribution is 5.91. The van der Waals surface area contributed by atoms with E-state index in [0.29, 0.717) is 28.9 Å². The first-order valence-electron chi connectivity index (χ1n) is 5.65. The summed E-state index contributed by atoms with van der Waals surface area (Å²) in [6.45, 7) is 0. The molecule has 96 valence electrons. The molecule has 0 heterocycles. The maximum atomic E-state index is 11.8. The smallest absolute Gasteiger partial charge is 0.343 e. The second-order valence-corrected chi connectivity index (χ2v) is 3.78. The van der Waals surface area contributed by atoms with Crippen molar-refractivity contribution in [3.63, 3.8) is 0 Å². The maximum absolute atomic E-state index is 11.8. The van der Waals surface area contributed by atoms with Crippen LogP contribution in [0.5, 0.6) is 11.5 Å². The highest BCUT2D eigenvalue weighted by Gasteiger charge is 2.10. The van der Waals surface area contributed by atoms with E-state index in [-0.39, 0.29) is 0 Å². The van der Waals surface area contributed by atoms with Gasteiger partial charge in [-0.1, -0.05) is 18.2 Å². The van der Waals surface area contributed by atoms with E-state index in [4.69, 9.17) is 9.47 Å². The van der Waals surface area contributed by atoms with Crippen molar-refractivity contribution in [2.24, 2.45) is 0 Å². The van der Waals surface area contributed by atoms with Crippen molar-refractivity contribution in [3.05, 3.63) is 59.7 Å². The lowest BCUT2D eigenvalue weighted by molar-refractivity contribution is 0.0734. The van der Waals surface area contributed by atoms with E-state index in [0.717, 1.165) is 0 Å². The predicted molar refractivity (Wildman–Crippen MR) is 69.8 cm³/mol. The summed E-state index contributed by atoms with van der Waals surface area (Å²) in [6.07, 6.45) is 0.651. The Morgan fingerprint density at radius 3 is 2.47 bits per heavy atom. The summed E-state index contributed by atoms with van der Waals surface area (Å²) in [5.41, 5.74) is 0.784. The van der Waals surface area contributed by atoms with Crippen LogP contribution in [0.1, 0.15) is 20.7 Å². The topological polar surface area (TPSA) is 52.6 Å². The summed E-state index contributed by atoms with van der Waals surface area (Å²) in [5.74, 6) is 0.272. The quantitative estimate of drug-likeness (QED) is 0.479. The average Bonchev–Trinajstić information content (AvgIpc) is 2.48. The minimum atomic E-state index is -0.470. The van der Waals surface area contributed by atoms with Crippen LogP contribution in [0.3, 0.4) is 0 Å². The van der Waals surface area contributed by atoms with Crippen molar-refractivity contribution < 1.29 is 19.1 Å². The fourth-order valence-electron chi connectivity index (χ4n) is 1.61. The number of methoxy groups -OCH3 is 1. The number of carbonyl (C=O) groups is 2. The molecule has 4 nitrogen and oxygen atoms in total. The van der Waals surface area contributed by atoms with Gasteiger partial charge in [0.1, 0.15) is 11.5 Å². The second-order valence-electron chi connectivity index (χ2n) is 3.78. The molecule has 2 aromatic rings. The molecule has 0 atom stereocenters. The number of benzene rings is 2. The third-order valence-electron chi connectivity index (χ3n) is 2.55. The number of hydrogen-bond donors (Lipinski definition) is 0. The Hall–Kier alpha value is -2.62. The molecule has 0 radical (unpaired) electrons. The molecule has 2 aromatic carbocycles. The average molecular weight is 256 g/mol. The van der Waals surface area contributed by atoms with Crippen LogP contribution in [0.4, 0.5) is 0 Å². The Kier molecular flexibility index (Phi) is 3.93. The summed E-state index contributed by atoms with van der Waals surface area (Å²) in [6, 6.07) is 13.3. The molecule has 0 fully saturated rings. The first-order valence-corrected chi connectivity index (χ1v) is 5.65. The Morgan fingerprint density at radius 2 is 1.84 bits per heavy atom. The summed E-state index contributed by atoms with van der Waals surface area (Å²) in [5, 5.41) is 0. The van der Waals surface area contributed by atoms with Gasteiger partial charge >= 0.3 is 5.97 Å². The number of esters is 1. The van der Waals surface area contributed by atoms with Crippen molar-refractivity contribution in [2.45, 2.75) is 0 Å². The Bertz CT molecular complexity index is 590. The van der Waals surface area contributed by atoms with Gasteiger partial charge in [0.15, 0.2) is 6.29 Å². The first kappa shape index (κ1) is 12.8. The molecular formula is C15H12O4. The van der Waals surface area contributed by atoms with Gasteiger partial charge in [0, 0.05) is 0 Å². The van der Waals surface area contributed by atoms with E-state index in [2.05, 4.69) is 0 Å². The van der Waals surface area contributed by atoms with Crippen LogP contribution in [-0.2, 0) is 0 Å². The number of aldehydes is 1. The lowest BCUT2D eigenvalue weighted by atomic mass is 10.2. The van der Waals surface area contributed by atoms with Crippen LogP contribution in [0.2, 0.25) is 0 Å². The summed E-state index contributed by atoms with van der Waals surface area (Å²) in [4.78, 5) is 22.7. The predicted octanol–water partition coefficient (Wildman–Crippen LogP) is 2.73. The fraction of sp³-hybridized carbons (Fsp3) is 0.0667. The minimum Gasteiger partial charge on any atom is -0.496 e. The van der Waals surface area contributed by atoms with Crippen molar-refractivity contribution in [2.75, 3.05) is 7.11 Å². The largest absolute Gasteiger partial charge is 0.496 e. The fourth-order valence-corrected chi connectivity index (χ4v) is 1.61. The van der Waals surface area contributed by atoms with Gasteiger partial charge in [-0.05, 0) is 30.3 Å². The highest BCUT2D eigenvalue weighted by atomic mass is 16.5.